The van der Waals surface area contributed by atoms with Gasteiger partial charge in [-0.05, 0) is 52.0 Å². The number of fused-ring (bicyclic) bond motifs is 1. The van der Waals surface area contributed by atoms with Crippen molar-refractivity contribution in [1.82, 2.24) is 20.1 Å². The number of rotatable bonds is 2. The van der Waals surface area contributed by atoms with E-state index in [0.717, 1.165) is 30.5 Å². The van der Waals surface area contributed by atoms with Crippen LogP contribution in [-0.4, -0.2) is 44.9 Å². The van der Waals surface area contributed by atoms with Gasteiger partial charge in [0.25, 0.3) is 5.56 Å². The van der Waals surface area contributed by atoms with Crippen molar-refractivity contribution in [1.29, 1.82) is 0 Å². The number of likely N-dealkylation sites (tertiary alicyclic amines) is 1. The van der Waals surface area contributed by atoms with Gasteiger partial charge in [-0.3, -0.25) is 9.78 Å². The summed E-state index contributed by atoms with van der Waals surface area (Å²) in [6.07, 6.45) is 5.63. The van der Waals surface area contributed by atoms with E-state index in [1.807, 2.05) is 26.8 Å². The molecule has 0 bridgehead atoms. The number of carbonyl (C=O) groups is 1. The van der Waals surface area contributed by atoms with Crippen molar-refractivity contribution >= 4 is 16.9 Å². The van der Waals surface area contributed by atoms with Crippen molar-refractivity contribution < 1.29 is 9.53 Å². The summed E-state index contributed by atoms with van der Waals surface area (Å²) in [5, 5.41) is 8.15. The van der Waals surface area contributed by atoms with Gasteiger partial charge in [-0.1, -0.05) is 0 Å². The molecule has 2 aromatic rings. The fraction of sp³-hybridized carbons (Fsp3) is 0.556. The van der Waals surface area contributed by atoms with E-state index >= 15 is 0 Å². The Labute approximate surface area is 146 Å². The normalized spacial score (nSPS) is 18.4. The van der Waals surface area contributed by atoms with E-state index in [1.54, 1.807) is 17.3 Å². The number of hydrogen-bond acceptors (Lipinski definition) is 5. The Balaban J connectivity index is 1.74. The summed E-state index contributed by atoms with van der Waals surface area (Å²) >= 11 is 0. The van der Waals surface area contributed by atoms with E-state index in [1.165, 1.54) is 0 Å². The molecule has 1 unspecified atom stereocenters. The lowest BCUT2D eigenvalue weighted by Crippen LogP contribution is -2.43. The first-order valence-electron chi connectivity index (χ1n) is 8.63. The quantitative estimate of drug-likeness (QED) is 0.904. The Hall–Kier alpha value is -2.44. The molecule has 134 valence electrons. The van der Waals surface area contributed by atoms with Gasteiger partial charge in [0.05, 0.1) is 11.1 Å². The van der Waals surface area contributed by atoms with Crippen molar-refractivity contribution in [2.24, 2.45) is 5.92 Å². The molecule has 0 radical (unpaired) electrons. The van der Waals surface area contributed by atoms with Gasteiger partial charge < -0.3 is 9.64 Å². The summed E-state index contributed by atoms with van der Waals surface area (Å²) in [4.78, 5) is 30.0. The standard InChI is InChI=1S/C18H24N4O3/c1-18(2,3)25-17(24)22-8-4-5-12(11-22)9-15-13-6-7-19-10-14(13)16(23)21-20-15/h6-7,10,12H,4-5,8-9,11H2,1-3H3,(H,21,23). The topological polar surface area (TPSA) is 88.2 Å². The highest BCUT2D eigenvalue weighted by Crippen LogP contribution is 2.24. The fourth-order valence-electron chi connectivity index (χ4n) is 3.22. The lowest BCUT2D eigenvalue weighted by Gasteiger charge is -2.34. The lowest BCUT2D eigenvalue weighted by molar-refractivity contribution is 0.0166. The third kappa shape index (κ3) is 4.15. The van der Waals surface area contributed by atoms with Crippen LogP contribution in [-0.2, 0) is 11.2 Å². The monoisotopic (exact) mass is 344 g/mol. The van der Waals surface area contributed by atoms with Crippen LogP contribution in [0.4, 0.5) is 4.79 Å². The van der Waals surface area contributed by atoms with Crippen LogP contribution in [0.1, 0.15) is 39.3 Å². The molecule has 0 aromatic carbocycles. The highest BCUT2D eigenvalue weighted by molar-refractivity contribution is 5.82. The molecule has 7 heteroatoms. The maximum atomic E-state index is 12.3. The lowest BCUT2D eigenvalue weighted by atomic mass is 9.92. The van der Waals surface area contributed by atoms with Gasteiger partial charge in [-0.2, -0.15) is 5.10 Å². The molecule has 7 nitrogen and oxygen atoms in total. The first-order valence-corrected chi connectivity index (χ1v) is 8.63. The minimum absolute atomic E-state index is 0.231. The van der Waals surface area contributed by atoms with E-state index in [9.17, 15) is 9.59 Å². The predicted molar refractivity (Wildman–Crippen MR) is 94.4 cm³/mol. The molecule has 0 aliphatic carbocycles. The molecular formula is C18H24N4O3. The molecule has 1 atom stereocenters. The first kappa shape index (κ1) is 17.4. The van der Waals surface area contributed by atoms with Crippen LogP contribution in [0.25, 0.3) is 10.8 Å². The van der Waals surface area contributed by atoms with Gasteiger partial charge in [-0.25, -0.2) is 9.89 Å². The van der Waals surface area contributed by atoms with E-state index in [0.29, 0.717) is 18.4 Å². The number of hydrogen-bond donors (Lipinski definition) is 1. The van der Waals surface area contributed by atoms with Crippen LogP contribution < -0.4 is 5.56 Å². The number of nitrogens with zero attached hydrogens (tertiary/aromatic N) is 3. The van der Waals surface area contributed by atoms with Crippen molar-refractivity contribution in [3.63, 3.8) is 0 Å². The maximum Gasteiger partial charge on any atom is 0.410 e. The highest BCUT2D eigenvalue weighted by Gasteiger charge is 2.28. The largest absolute Gasteiger partial charge is 0.444 e. The van der Waals surface area contributed by atoms with Crippen molar-refractivity contribution in [2.45, 2.75) is 45.6 Å². The summed E-state index contributed by atoms with van der Waals surface area (Å²) in [6, 6.07) is 1.82. The zero-order valence-corrected chi connectivity index (χ0v) is 14.9. The van der Waals surface area contributed by atoms with Gasteiger partial charge >= 0.3 is 6.09 Å². The Morgan fingerprint density at radius 3 is 2.96 bits per heavy atom. The van der Waals surface area contributed by atoms with Gasteiger partial charge in [-0.15, -0.1) is 0 Å². The molecule has 0 saturated carbocycles. The number of piperidine rings is 1. The minimum Gasteiger partial charge on any atom is -0.444 e. The smallest absolute Gasteiger partial charge is 0.410 e. The zero-order valence-electron chi connectivity index (χ0n) is 14.9. The van der Waals surface area contributed by atoms with Gasteiger partial charge in [0, 0.05) is 30.9 Å². The first-order chi connectivity index (χ1) is 11.8. The van der Waals surface area contributed by atoms with Crippen LogP contribution in [0.2, 0.25) is 0 Å². The van der Waals surface area contributed by atoms with Crippen LogP contribution in [0.15, 0.2) is 23.3 Å². The van der Waals surface area contributed by atoms with Crippen molar-refractivity contribution in [3.8, 4) is 0 Å². The molecule has 0 spiro atoms. The van der Waals surface area contributed by atoms with Crippen molar-refractivity contribution in [2.75, 3.05) is 13.1 Å². The van der Waals surface area contributed by atoms with Crippen LogP contribution in [0.5, 0.6) is 0 Å². The van der Waals surface area contributed by atoms with Gasteiger partial charge in [0.2, 0.25) is 0 Å². The number of aromatic amines is 1. The second kappa shape index (κ2) is 6.82. The maximum absolute atomic E-state index is 12.3. The molecule has 2 aromatic heterocycles. The van der Waals surface area contributed by atoms with Crippen LogP contribution in [0, 0.1) is 5.92 Å². The predicted octanol–water partition coefficient (Wildman–Crippen LogP) is 2.51. The third-order valence-electron chi connectivity index (χ3n) is 4.32. The summed E-state index contributed by atoms with van der Waals surface area (Å²) in [5.74, 6) is 0.288. The second-order valence-corrected chi connectivity index (χ2v) is 7.56. The summed E-state index contributed by atoms with van der Waals surface area (Å²) in [5.41, 5.74) is 0.118. The minimum atomic E-state index is -0.492. The SMILES string of the molecule is CC(C)(C)OC(=O)N1CCCC(Cc2n[nH]c(=O)c3cnccc23)C1. The number of pyridine rings is 1. The Morgan fingerprint density at radius 2 is 2.20 bits per heavy atom. The molecule has 3 rings (SSSR count). The van der Waals surface area contributed by atoms with Gasteiger partial charge in [0.15, 0.2) is 0 Å². The molecular weight excluding hydrogens is 320 g/mol. The number of aromatic nitrogens is 3. The molecule has 1 fully saturated rings. The molecule has 1 N–H and O–H groups in total. The number of ether oxygens (including phenoxy) is 1. The Bertz CT molecular complexity index is 825. The van der Waals surface area contributed by atoms with Gasteiger partial charge in [0.1, 0.15) is 5.60 Å². The molecule has 1 saturated heterocycles. The third-order valence-corrected chi connectivity index (χ3v) is 4.32. The molecule has 1 amide bonds. The summed E-state index contributed by atoms with van der Waals surface area (Å²) in [7, 11) is 0. The average molecular weight is 344 g/mol. The highest BCUT2D eigenvalue weighted by atomic mass is 16.6. The summed E-state index contributed by atoms with van der Waals surface area (Å²) in [6.45, 7) is 6.97. The van der Waals surface area contributed by atoms with E-state index in [2.05, 4.69) is 15.2 Å². The van der Waals surface area contributed by atoms with Crippen molar-refractivity contribution in [3.05, 3.63) is 34.5 Å². The molecule has 1 aliphatic heterocycles. The Kier molecular flexibility index (Phi) is 4.74. The number of carbonyl (C=O) groups excluding carboxylic acids is 1. The molecule has 3 heterocycles. The summed E-state index contributed by atoms with van der Waals surface area (Å²) < 4.78 is 5.48. The van der Waals surface area contributed by atoms with Crippen LogP contribution in [0.3, 0.4) is 0 Å². The van der Waals surface area contributed by atoms with E-state index in [-0.39, 0.29) is 17.6 Å². The van der Waals surface area contributed by atoms with E-state index in [4.69, 9.17) is 4.74 Å². The second-order valence-electron chi connectivity index (χ2n) is 7.56. The fourth-order valence-corrected chi connectivity index (χ4v) is 3.22. The zero-order chi connectivity index (χ0) is 18.0. The Morgan fingerprint density at radius 1 is 1.40 bits per heavy atom. The van der Waals surface area contributed by atoms with E-state index < -0.39 is 5.60 Å². The van der Waals surface area contributed by atoms with Crippen LogP contribution >= 0.6 is 0 Å². The number of nitrogens with one attached hydrogen (secondary N) is 1. The molecule has 25 heavy (non-hydrogen) atoms. The average Bonchev–Trinajstić information content (AvgIpc) is 2.56. The number of amides is 1. The number of H-pyrrole nitrogens is 1. The molecule has 1 aliphatic rings.